The SMILES string of the molecule is CCn1c(Cc2cc(C)ccc2CN)nc2ccccc21. The van der Waals surface area contributed by atoms with Crippen molar-refractivity contribution in [2.45, 2.75) is 33.4 Å². The van der Waals surface area contributed by atoms with E-state index in [4.69, 9.17) is 10.7 Å². The molecule has 2 aromatic carbocycles. The molecule has 0 aliphatic heterocycles. The van der Waals surface area contributed by atoms with E-state index in [1.807, 2.05) is 6.07 Å². The number of hydrogen-bond acceptors (Lipinski definition) is 2. The molecule has 1 heterocycles. The first-order valence-electron chi connectivity index (χ1n) is 7.45. The van der Waals surface area contributed by atoms with Crippen LogP contribution in [0.5, 0.6) is 0 Å². The molecule has 0 saturated heterocycles. The number of aryl methyl sites for hydroxylation is 2. The van der Waals surface area contributed by atoms with E-state index >= 15 is 0 Å². The van der Waals surface area contributed by atoms with E-state index in [0.717, 1.165) is 24.3 Å². The minimum atomic E-state index is 0.571. The molecule has 0 saturated carbocycles. The zero-order valence-electron chi connectivity index (χ0n) is 12.6. The predicted molar refractivity (Wildman–Crippen MR) is 87.3 cm³/mol. The Kier molecular flexibility index (Phi) is 3.76. The fraction of sp³-hybridized carbons (Fsp3) is 0.278. The van der Waals surface area contributed by atoms with Crippen molar-refractivity contribution in [2.24, 2.45) is 5.73 Å². The molecule has 0 atom stereocenters. The van der Waals surface area contributed by atoms with Gasteiger partial charge in [-0.3, -0.25) is 0 Å². The number of benzene rings is 2. The Hall–Kier alpha value is -2.13. The van der Waals surface area contributed by atoms with Crippen molar-refractivity contribution >= 4 is 11.0 Å². The monoisotopic (exact) mass is 279 g/mol. The third kappa shape index (κ3) is 2.57. The van der Waals surface area contributed by atoms with Crippen molar-refractivity contribution in [2.75, 3.05) is 0 Å². The lowest BCUT2D eigenvalue weighted by atomic mass is 10.0. The van der Waals surface area contributed by atoms with Crippen LogP contribution < -0.4 is 5.73 Å². The molecule has 0 radical (unpaired) electrons. The molecule has 0 amide bonds. The summed E-state index contributed by atoms with van der Waals surface area (Å²) in [6.45, 7) is 5.78. The third-order valence-electron chi connectivity index (χ3n) is 3.98. The smallest absolute Gasteiger partial charge is 0.114 e. The number of rotatable bonds is 4. The van der Waals surface area contributed by atoms with Gasteiger partial charge in [-0.25, -0.2) is 4.98 Å². The van der Waals surface area contributed by atoms with Crippen LogP contribution in [0.3, 0.4) is 0 Å². The summed E-state index contributed by atoms with van der Waals surface area (Å²) in [7, 11) is 0. The molecule has 0 spiro atoms. The van der Waals surface area contributed by atoms with Crippen LogP contribution in [0.1, 0.15) is 29.4 Å². The van der Waals surface area contributed by atoms with Gasteiger partial charge in [-0.15, -0.1) is 0 Å². The third-order valence-corrected chi connectivity index (χ3v) is 3.98. The highest BCUT2D eigenvalue weighted by molar-refractivity contribution is 5.76. The molecule has 1 aromatic heterocycles. The van der Waals surface area contributed by atoms with E-state index in [0.29, 0.717) is 6.54 Å². The molecule has 3 heteroatoms. The number of fused-ring (bicyclic) bond motifs is 1. The van der Waals surface area contributed by atoms with Gasteiger partial charge in [0.15, 0.2) is 0 Å². The lowest BCUT2D eigenvalue weighted by molar-refractivity contribution is 0.731. The van der Waals surface area contributed by atoms with Crippen LogP contribution in [0, 0.1) is 6.92 Å². The van der Waals surface area contributed by atoms with Gasteiger partial charge in [0.25, 0.3) is 0 Å². The summed E-state index contributed by atoms with van der Waals surface area (Å²) in [6, 6.07) is 14.8. The average Bonchev–Trinajstić information content (AvgIpc) is 2.84. The van der Waals surface area contributed by atoms with Crippen molar-refractivity contribution in [3.63, 3.8) is 0 Å². The van der Waals surface area contributed by atoms with Gasteiger partial charge in [-0.05, 0) is 37.1 Å². The summed E-state index contributed by atoms with van der Waals surface area (Å²) in [5.41, 5.74) is 11.9. The number of aromatic nitrogens is 2. The number of hydrogen-bond donors (Lipinski definition) is 1. The van der Waals surface area contributed by atoms with Crippen LogP contribution >= 0.6 is 0 Å². The van der Waals surface area contributed by atoms with Crippen LogP contribution in [0.2, 0.25) is 0 Å². The number of para-hydroxylation sites is 2. The van der Waals surface area contributed by atoms with Gasteiger partial charge in [-0.2, -0.15) is 0 Å². The van der Waals surface area contributed by atoms with Gasteiger partial charge in [0.1, 0.15) is 5.82 Å². The molecule has 0 fully saturated rings. The Morgan fingerprint density at radius 1 is 1.10 bits per heavy atom. The first kappa shape index (κ1) is 13.8. The molecular weight excluding hydrogens is 258 g/mol. The van der Waals surface area contributed by atoms with Crippen LogP contribution in [0.15, 0.2) is 42.5 Å². The zero-order chi connectivity index (χ0) is 14.8. The summed E-state index contributed by atoms with van der Waals surface area (Å²) >= 11 is 0. The largest absolute Gasteiger partial charge is 0.328 e. The number of nitrogens with two attached hydrogens (primary N) is 1. The maximum absolute atomic E-state index is 5.87. The van der Waals surface area contributed by atoms with E-state index in [-0.39, 0.29) is 0 Å². The van der Waals surface area contributed by atoms with Gasteiger partial charge in [-0.1, -0.05) is 35.9 Å². The maximum atomic E-state index is 5.87. The maximum Gasteiger partial charge on any atom is 0.114 e. The van der Waals surface area contributed by atoms with Gasteiger partial charge < -0.3 is 10.3 Å². The molecule has 21 heavy (non-hydrogen) atoms. The van der Waals surface area contributed by atoms with Gasteiger partial charge >= 0.3 is 0 Å². The van der Waals surface area contributed by atoms with Crippen LogP contribution in [0.25, 0.3) is 11.0 Å². The fourth-order valence-corrected chi connectivity index (χ4v) is 2.90. The molecule has 0 aliphatic carbocycles. The van der Waals surface area contributed by atoms with E-state index in [1.54, 1.807) is 0 Å². The van der Waals surface area contributed by atoms with Gasteiger partial charge in [0.05, 0.1) is 11.0 Å². The summed E-state index contributed by atoms with van der Waals surface area (Å²) in [6.07, 6.45) is 0.830. The molecule has 0 aliphatic rings. The topological polar surface area (TPSA) is 43.8 Å². The number of nitrogens with zero attached hydrogens (tertiary/aromatic N) is 2. The lowest BCUT2D eigenvalue weighted by Gasteiger charge is -2.10. The quantitative estimate of drug-likeness (QED) is 0.795. The molecule has 0 bridgehead atoms. The molecule has 3 rings (SSSR count). The second-order valence-electron chi connectivity index (χ2n) is 5.41. The summed E-state index contributed by atoms with van der Waals surface area (Å²) in [4.78, 5) is 4.81. The van der Waals surface area contributed by atoms with Crippen molar-refractivity contribution in [3.8, 4) is 0 Å². The van der Waals surface area contributed by atoms with Gasteiger partial charge in [0, 0.05) is 19.5 Å². The van der Waals surface area contributed by atoms with Crippen molar-refractivity contribution in [1.82, 2.24) is 9.55 Å². The molecular formula is C18H21N3. The van der Waals surface area contributed by atoms with Crippen LogP contribution in [0.4, 0.5) is 0 Å². The van der Waals surface area contributed by atoms with E-state index in [2.05, 4.69) is 54.8 Å². The van der Waals surface area contributed by atoms with Crippen molar-refractivity contribution in [3.05, 3.63) is 65.0 Å². The standard InChI is InChI=1S/C18H21N3/c1-3-21-17-7-5-4-6-16(17)20-18(21)11-15-10-13(2)8-9-14(15)12-19/h4-10H,3,11-12,19H2,1-2H3. The highest BCUT2D eigenvalue weighted by Gasteiger charge is 2.11. The van der Waals surface area contributed by atoms with Crippen molar-refractivity contribution < 1.29 is 0 Å². The fourth-order valence-electron chi connectivity index (χ4n) is 2.90. The second kappa shape index (κ2) is 5.70. The van der Waals surface area contributed by atoms with Gasteiger partial charge in [0.2, 0.25) is 0 Å². The summed E-state index contributed by atoms with van der Waals surface area (Å²) in [5, 5.41) is 0. The minimum Gasteiger partial charge on any atom is -0.328 e. The Morgan fingerprint density at radius 3 is 2.67 bits per heavy atom. The Labute approximate surface area is 125 Å². The molecule has 2 N–H and O–H groups in total. The molecule has 108 valence electrons. The Bertz CT molecular complexity index is 771. The summed E-state index contributed by atoms with van der Waals surface area (Å²) in [5.74, 6) is 1.11. The van der Waals surface area contributed by atoms with Crippen LogP contribution in [-0.2, 0) is 19.5 Å². The Morgan fingerprint density at radius 2 is 1.90 bits per heavy atom. The van der Waals surface area contributed by atoms with Crippen molar-refractivity contribution in [1.29, 1.82) is 0 Å². The highest BCUT2D eigenvalue weighted by atomic mass is 15.1. The average molecular weight is 279 g/mol. The second-order valence-corrected chi connectivity index (χ2v) is 5.41. The molecule has 3 aromatic rings. The predicted octanol–water partition coefficient (Wildman–Crippen LogP) is 3.41. The highest BCUT2D eigenvalue weighted by Crippen LogP contribution is 2.20. The summed E-state index contributed by atoms with van der Waals surface area (Å²) < 4.78 is 2.29. The van der Waals surface area contributed by atoms with Crippen LogP contribution in [-0.4, -0.2) is 9.55 Å². The first-order valence-corrected chi connectivity index (χ1v) is 7.45. The molecule has 3 nitrogen and oxygen atoms in total. The normalized spacial score (nSPS) is 11.2. The molecule has 0 unspecified atom stereocenters. The first-order chi connectivity index (χ1) is 10.2. The van der Waals surface area contributed by atoms with E-state index < -0.39 is 0 Å². The lowest BCUT2D eigenvalue weighted by Crippen LogP contribution is -2.07. The van der Waals surface area contributed by atoms with E-state index in [9.17, 15) is 0 Å². The zero-order valence-corrected chi connectivity index (χ0v) is 12.6. The minimum absolute atomic E-state index is 0.571. The Balaban J connectivity index is 2.07. The number of imidazole rings is 1. The van der Waals surface area contributed by atoms with E-state index in [1.165, 1.54) is 22.2 Å².